The second-order valence-electron chi connectivity index (χ2n) is 11.0. The van der Waals surface area contributed by atoms with E-state index in [1.807, 2.05) is 18.2 Å². The lowest BCUT2D eigenvalue weighted by atomic mass is 9.82. The number of oxazole rings is 1. The van der Waals surface area contributed by atoms with Crippen LogP contribution in [0.4, 0.5) is 6.01 Å². The van der Waals surface area contributed by atoms with Crippen LogP contribution in [-0.4, -0.2) is 66.6 Å². The number of carbonyl (C=O) groups excluding carboxylic acids is 1. The van der Waals surface area contributed by atoms with Gasteiger partial charge >= 0.3 is 0 Å². The fraction of sp³-hybridized carbons (Fsp3) is 0.680. The minimum absolute atomic E-state index is 0.0317. The Hall–Kier alpha value is -2.12. The van der Waals surface area contributed by atoms with Crippen LogP contribution in [0.15, 0.2) is 22.6 Å². The number of piperazine rings is 1. The zero-order valence-electron chi connectivity index (χ0n) is 19.9. The number of nitrogens with zero attached hydrogens (tertiary/aromatic N) is 3. The molecule has 1 amide bonds. The Bertz CT molecular complexity index is 966. The molecule has 174 valence electrons. The fourth-order valence-electron chi connectivity index (χ4n) is 5.95. The van der Waals surface area contributed by atoms with Gasteiger partial charge in [-0.1, -0.05) is 33.3 Å². The first kappa shape index (κ1) is 21.7. The molecule has 7 nitrogen and oxygen atoms in total. The van der Waals surface area contributed by atoms with Crippen LogP contribution in [0, 0.1) is 5.41 Å². The van der Waals surface area contributed by atoms with Gasteiger partial charge in [0.1, 0.15) is 5.52 Å². The second-order valence-corrected chi connectivity index (χ2v) is 11.0. The van der Waals surface area contributed by atoms with Crippen molar-refractivity contribution in [3.63, 3.8) is 0 Å². The van der Waals surface area contributed by atoms with Crippen LogP contribution in [0.3, 0.4) is 0 Å². The molecule has 0 saturated carbocycles. The molecule has 1 aromatic carbocycles. The van der Waals surface area contributed by atoms with Crippen molar-refractivity contribution in [2.24, 2.45) is 5.41 Å². The van der Waals surface area contributed by atoms with Gasteiger partial charge in [0.25, 0.3) is 11.9 Å². The van der Waals surface area contributed by atoms with Gasteiger partial charge in [-0.15, -0.1) is 0 Å². The van der Waals surface area contributed by atoms with E-state index < -0.39 is 0 Å². The number of rotatable bonds is 3. The number of anilines is 1. The van der Waals surface area contributed by atoms with Crippen molar-refractivity contribution in [1.82, 2.24) is 20.5 Å². The molecule has 3 atom stereocenters. The third kappa shape index (κ3) is 4.01. The molecule has 7 heteroatoms. The third-order valence-corrected chi connectivity index (χ3v) is 7.82. The van der Waals surface area contributed by atoms with Crippen molar-refractivity contribution in [2.45, 2.75) is 77.0 Å². The molecule has 4 heterocycles. The molecule has 0 radical (unpaired) electrons. The number of piperidine rings is 2. The molecule has 3 aliphatic rings. The Labute approximate surface area is 190 Å². The monoisotopic (exact) mass is 439 g/mol. The van der Waals surface area contributed by atoms with Crippen LogP contribution in [-0.2, 0) is 0 Å². The predicted octanol–water partition coefficient (Wildman–Crippen LogP) is 3.40. The molecule has 5 rings (SSSR count). The van der Waals surface area contributed by atoms with E-state index in [0.717, 1.165) is 32.5 Å². The molecule has 0 aliphatic carbocycles. The summed E-state index contributed by atoms with van der Waals surface area (Å²) in [5.41, 5.74) is 2.04. The smallest absolute Gasteiger partial charge is 0.298 e. The Balaban J connectivity index is 1.38. The summed E-state index contributed by atoms with van der Waals surface area (Å²) in [7, 11) is 2.24. The summed E-state index contributed by atoms with van der Waals surface area (Å²) in [5, 5.41) is 6.82. The summed E-state index contributed by atoms with van der Waals surface area (Å²) in [6.45, 7) is 9.38. The molecular weight excluding hydrogens is 402 g/mol. The minimum Gasteiger partial charge on any atom is -0.423 e. The van der Waals surface area contributed by atoms with E-state index in [0.29, 0.717) is 34.8 Å². The molecule has 0 spiro atoms. The van der Waals surface area contributed by atoms with Crippen molar-refractivity contribution in [3.8, 4) is 0 Å². The van der Waals surface area contributed by atoms with E-state index in [2.05, 4.69) is 48.3 Å². The lowest BCUT2D eigenvalue weighted by Crippen LogP contribution is -2.57. The Kier molecular flexibility index (Phi) is 5.66. The highest BCUT2D eigenvalue weighted by atomic mass is 16.4. The van der Waals surface area contributed by atoms with E-state index in [4.69, 9.17) is 9.40 Å². The van der Waals surface area contributed by atoms with Crippen molar-refractivity contribution < 1.29 is 9.21 Å². The summed E-state index contributed by atoms with van der Waals surface area (Å²) >= 11 is 0. The molecule has 1 aromatic heterocycles. The predicted molar refractivity (Wildman–Crippen MR) is 127 cm³/mol. The number of hydrogen-bond acceptors (Lipinski definition) is 6. The number of fused-ring (bicyclic) bond motifs is 3. The number of amides is 1. The number of carbonyl (C=O) groups is 1. The largest absolute Gasteiger partial charge is 0.423 e. The van der Waals surface area contributed by atoms with Crippen molar-refractivity contribution in [2.75, 3.05) is 31.6 Å². The normalized spacial score (nSPS) is 29.3. The van der Waals surface area contributed by atoms with Gasteiger partial charge in [0.2, 0.25) is 0 Å². The second kappa shape index (κ2) is 8.34. The topological polar surface area (TPSA) is 73.6 Å². The summed E-state index contributed by atoms with van der Waals surface area (Å²) in [6.07, 6.45) is 5.85. The minimum atomic E-state index is -0.0317. The Morgan fingerprint density at radius 1 is 1.22 bits per heavy atom. The summed E-state index contributed by atoms with van der Waals surface area (Å²) < 4.78 is 6.19. The molecule has 2 unspecified atom stereocenters. The highest BCUT2D eigenvalue weighted by Crippen LogP contribution is 2.34. The van der Waals surface area contributed by atoms with Gasteiger partial charge in [-0.25, -0.2) is 0 Å². The molecular formula is C25H37N5O2. The fourth-order valence-corrected chi connectivity index (χ4v) is 5.95. The number of hydrogen-bond donors (Lipinski definition) is 2. The van der Waals surface area contributed by atoms with Gasteiger partial charge in [-0.2, -0.15) is 4.98 Å². The molecule has 32 heavy (non-hydrogen) atoms. The van der Waals surface area contributed by atoms with E-state index in [1.54, 1.807) is 0 Å². The molecule has 2 aromatic rings. The van der Waals surface area contributed by atoms with Crippen LogP contribution in [0.1, 0.15) is 63.2 Å². The lowest BCUT2D eigenvalue weighted by Gasteiger charge is -2.47. The maximum Gasteiger partial charge on any atom is 0.298 e. The SMILES string of the molecule is CN1C2CCCC1CC(NC(=O)c1cccc3oc(N4CCNC[C@@H]4C(C)(C)C)nc13)C2. The molecule has 3 aliphatic heterocycles. The van der Waals surface area contributed by atoms with E-state index >= 15 is 0 Å². The maximum atomic E-state index is 13.3. The number of aromatic nitrogens is 1. The van der Waals surface area contributed by atoms with Crippen LogP contribution < -0.4 is 15.5 Å². The molecule has 2 N–H and O–H groups in total. The van der Waals surface area contributed by atoms with Gasteiger partial charge < -0.3 is 24.9 Å². The quantitative estimate of drug-likeness (QED) is 0.764. The van der Waals surface area contributed by atoms with Gasteiger partial charge in [0, 0.05) is 37.8 Å². The zero-order chi connectivity index (χ0) is 22.5. The summed E-state index contributed by atoms with van der Waals surface area (Å²) in [4.78, 5) is 22.9. The Morgan fingerprint density at radius 3 is 2.69 bits per heavy atom. The van der Waals surface area contributed by atoms with Gasteiger partial charge in [0.05, 0.1) is 11.6 Å². The Morgan fingerprint density at radius 2 is 1.97 bits per heavy atom. The third-order valence-electron chi connectivity index (χ3n) is 7.82. The highest BCUT2D eigenvalue weighted by Gasteiger charge is 2.37. The van der Waals surface area contributed by atoms with E-state index in [-0.39, 0.29) is 23.4 Å². The maximum absolute atomic E-state index is 13.3. The van der Waals surface area contributed by atoms with Crippen molar-refractivity contribution in [1.29, 1.82) is 0 Å². The van der Waals surface area contributed by atoms with Gasteiger partial charge in [-0.3, -0.25) is 4.79 Å². The molecule has 3 fully saturated rings. The standard InChI is InChI=1S/C25H37N5O2/c1-25(2,3)21-15-26-11-12-30(21)24-28-22-19(9-6-10-20(22)32-24)23(31)27-16-13-17-7-5-8-18(14-16)29(17)4/h6,9-10,16-18,21,26H,5,7-8,11-15H2,1-4H3,(H,27,31)/t16?,17?,18?,21-/m1/s1. The summed E-state index contributed by atoms with van der Waals surface area (Å²) in [6, 6.07) is 7.99. The van der Waals surface area contributed by atoms with Gasteiger partial charge in [-0.05, 0) is 50.3 Å². The van der Waals surface area contributed by atoms with Crippen LogP contribution in [0.5, 0.6) is 0 Å². The highest BCUT2D eigenvalue weighted by molar-refractivity contribution is 6.04. The first-order valence-electron chi connectivity index (χ1n) is 12.2. The van der Waals surface area contributed by atoms with Crippen LogP contribution >= 0.6 is 0 Å². The molecule has 3 saturated heterocycles. The number of benzene rings is 1. The average molecular weight is 440 g/mol. The number of nitrogens with one attached hydrogen (secondary N) is 2. The zero-order valence-corrected chi connectivity index (χ0v) is 19.9. The van der Waals surface area contributed by atoms with Crippen molar-refractivity contribution in [3.05, 3.63) is 23.8 Å². The van der Waals surface area contributed by atoms with Gasteiger partial charge in [0.15, 0.2) is 5.58 Å². The van der Waals surface area contributed by atoms with Crippen LogP contribution in [0.25, 0.3) is 11.1 Å². The summed E-state index contributed by atoms with van der Waals surface area (Å²) in [5.74, 6) is -0.0317. The first-order valence-corrected chi connectivity index (χ1v) is 12.2. The molecule has 2 bridgehead atoms. The van der Waals surface area contributed by atoms with Crippen molar-refractivity contribution >= 4 is 23.0 Å². The first-order chi connectivity index (χ1) is 15.3. The van der Waals surface area contributed by atoms with E-state index in [9.17, 15) is 4.79 Å². The van der Waals surface area contributed by atoms with E-state index in [1.165, 1.54) is 19.3 Å². The average Bonchev–Trinajstić information content (AvgIpc) is 3.18. The number of para-hydroxylation sites is 1. The lowest BCUT2D eigenvalue weighted by molar-refractivity contribution is 0.0463. The van der Waals surface area contributed by atoms with Crippen LogP contribution in [0.2, 0.25) is 0 Å².